The van der Waals surface area contributed by atoms with Crippen molar-refractivity contribution in [2.24, 2.45) is 30.4 Å². The van der Waals surface area contributed by atoms with Gasteiger partial charge in [-0.1, -0.05) is 48.5 Å². The van der Waals surface area contributed by atoms with Crippen molar-refractivity contribution in [3.63, 3.8) is 0 Å². The summed E-state index contributed by atoms with van der Waals surface area (Å²) in [4.78, 5) is 9.09. The molecule has 5 rings (SSSR count). The molecule has 40 heavy (non-hydrogen) atoms. The fraction of sp³-hybridized carbons (Fsp3) is 0. The Morgan fingerprint density at radius 2 is 0.775 bits per heavy atom. The maximum atomic E-state index is 10.4. The second-order valence-electron chi connectivity index (χ2n) is 8.56. The summed E-state index contributed by atoms with van der Waals surface area (Å²) < 4.78 is 0. The van der Waals surface area contributed by atoms with Gasteiger partial charge in [-0.25, -0.2) is 0 Å². The zero-order valence-electron chi connectivity index (χ0n) is 21.3. The molecular weight excluding hydrogens is 500 g/mol. The topological polar surface area (TPSA) is 115 Å². The Morgan fingerprint density at radius 1 is 0.400 bits per heavy atom. The van der Waals surface area contributed by atoms with Gasteiger partial charge in [0.25, 0.3) is 0 Å². The second-order valence-corrected chi connectivity index (χ2v) is 8.56. The van der Waals surface area contributed by atoms with E-state index in [9.17, 15) is 10.2 Å². The lowest BCUT2D eigenvalue weighted by Gasteiger charge is -2.03. The molecule has 0 aliphatic carbocycles. The number of benzene rings is 5. The average Bonchev–Trinajstić information content (AvgIpc) is 3.00. The predicted molar refractivity (Wildman–Crippen MR) is 158 cm³/mol. The van der Waals surface area contributed by atoms with Crippen molar-refractivity contribution in [3.05, 3.63) is 132 Å². The first-order valence-electron chi connectivity index (χ1n) is 12.4. The van der Waals surface area contributed by atoms with Gasteiger partial charge >= 0.3 is 0 Å². The van der Waals surface area contributed by atoms with Gasteiger partial charge in [0.2, 0.25) is 0 Å². The van der Waals surface area contributed by atoms with Crippen LogP contribution in [0.2, 0.25) is 0 Å². The largest absolute Gasteiger partial charge is 0.507 e. The highest BCUT2D eigenvalue weighted by molar-refractivity contribution is 5.90. The standard InChI is InChI=1S/C32H24N6O2/c39-31-17-15-27(37-35-25-9-3-1-4-10-25)19-23(31)21-33-29-13-7-8-14-30(29)34-22-24-20-28(16-18-32(24)40)38-36-26-11-5-2-6-12-26/h1-22,39-40H. The van der Waals surface area contributed by atoms with Crippen molar-refractivity contribution < 1.29 is 10.2 Å². The van der Waals surface area contributed by atoms with E-state index in [0.29, 0.717) is 33.9 Å². The van der Waals surface area contributed by atoms with Gasteiger partial charge in [0, 0.05) is 23.6 Å². The molecule has 0 saturated heterocycles. The van der Waals surface area contributed by atoms with E-state index in [1.54, 1.807) is 48.8 Å². The number of rotatable bonds is 8. The molecule has 0 radical (unpaired) electrons. The monoisotopic (exact) mass is 524 g/mol. The Bertz CT molecular complexity index is 1590. The van der Waals surface area contributed by atoms with Crippen LogP contribution in [0.3, 0.4) is 0 Å². The number of phenols is 2. The number of nitrogens with zero attached hydrogens (tertiary/aromatic N) is 6. The van der Waals surface area contributed by atoms with Crippen LogP contribution in [0.1, 0.15) is 11.1 Å². The van der Waals surface area contributed by atoms with E-state index in [2.05, 4.69) is 30.4 Å². The first-order valence-corrected chi connectivity index (χ1v) is 12.4. The van der Waals surface area contributed by atoms with Crippen LogP contribution in [0.15, 0.2) is 152 Å². The number of aliphatic imine (C=N–C) groups is 2. The third-order valence-corrected chi connectivity index (χ3v) is 5.66. The van der Waals surface area contributed by atoms with E-state index < -0.39 is 0 Å². The molecule has 0 bridgehead atoms. The lowest BCUT2D eigenvalue weighted by atomic mass is 10.2. The van der Waals surface area contributed by atoms with Gasteiger partial charge in [0.15, 0.2) is 0 Å². The van der Waals surface area contributed by atoms with Crippen LogP contribution in [0.5, 0.6) is 11.5 Å². The molecule has 0 heterocycles. The van der Waals surface area contributed by atoms with Crippen molar-refractivity contribution in [2.75, 3.05) is 0 Å². The van der Waals surface area contributed by atoms with Gasteiger partial charge < -0.3 is 10.2 Å². The third kappa shape index (κ3) is 6.96. The molecule has 0 aromatic heterocycles. The summed E-state index contributed by atoms with van der Waals surface area (Å²) >= 11 is 0. The molecular formula is C32H24N6O2. The van der Waals surface area contributed by atoms with E-state index in [0.717, 1.165) is 11.4 Å². The van der Waals surface area contributed by atoms with Crippen LogP contribution in [-0.4, -0.2) is 22.6 Å². The van der Waals surface area contributed by atoms with E-state index >= 15 is 0 Å². The van der Waals surface area contributed by atoms with Gasteiger partial charge in [-0.3, -0.25) is 9.98 Å². The molecule has 0 atom stereocenters. The minimum atomic E-state index is 0.0646. The molecule has 194 valence electrons. The molecule has 0 spiro atoms. The van der Waals surface area contributed by atoms with Crippen molar-refractivity contribution in [3.8, 4) is 11.5 Å². The summed E-state index contributed by atoms with van der Waals surface area (Å²) in [6.45, 7) is 0. The normalized spacial score (nSPS) is 11.8. The van der Waals surface area contributed by atoms with Crippen molar-refractivity contribution in [1.29, 1.82) is 0 Å². The van der Waals surface area contributed by atoms with Crippen LogP contribution < -0.4 is 0 Å². The molecule has 0 unspecified atom stereocenters. The Balaban J connectivity index is 1.35. The minimum Gasteiger partial charge on any atom is -0.507 e. The van der Waals surface area contributed by atoms with Crippen LogP contribution >= 0.6 is 0 Å². The lowest BCUT2D eigenvalue weighted by Crippen LogP contribution is -1.83. The van der Waals surface area contributed by atoms with Crippen molar-refractivity contribution in [2.45, 2.75) is 0 Å². The summed E-state index contributed by atoms with van der Waals surface area (Å²) in [5, 5.41) is 37.6. The molecule has 8 heteroatoms. The number of para-hydroxylation sites is 2. The van der Waals surface area contributed by atoms with E-state index in [1.165, 1.54) is 0 Å². The van der Waals surface area contributed by atoms with E-state index in [1.807, 2.05) is 84.9 Å². The quantitative estimate of drug-likeness (QED) is 0.155. The molecule has 5 aromatic rings. The SMILES string of the molecule is Oc1ccc(N=Nc2ccccc2)cc1C=Nc1ccccc1N=Cc1cc(N=Nc2ccccc2)ccc1O. The Labute approximate surface area is 231 Å². The first-order chi connectivity index (χ1) is 19.6. The minimum absolute atomic E-state index is 0.0646. The van der Waals surface area contributed by atoms with Gasteiger partial charge in [-0.05, 0) is 72.8 Å². The molecule has 5 aromatic carbocycles. The van der Waals surface area contributed by atoms with E-state index in [4.69, 9.17) is 0 Å². The van der Waals surface area contributed by atoms with Crippen molar-refractivity contribution >= 4 is 46.6 Å². The van der Waals surface area contributed by atoms with Crippen LogP contribution in [0.25, 0.3) is 0 Å². The number of aromatic hydroxyl groups is 2. The number of azo groups is 2. The summed E-state index contributed by atoms with van der Waals surface area (Å²) in [5.41, 5.74) is 4.74. The van der Waals surface area contributed by atoms with Crippen LogP contribution in [0, 0.1) is 0 Å². The van der Waals surface area contributed by atoms with Crippen molar-refractivity contribution in [1.82, 2.24) is 0 Å². The summed E-state index contributed by atoms with van der Waals surface area (Å²) in [5.74, 6) is 0.129. The number of hydrogen-bond acceptors (Lipinski definition) is 8. The Morgan fingerprint density at radius 3 is 1.20 bits per heavy atom. The maximum Gasteiger partial charge on any atom is 0.124 e. The summed E-state index contributed by atoms with van der Waals surface area (Å²) in [7, 11) is 0. The zero-order valence-corrected chi connectivity index (χ0v) is 21.3. The second kappa shape index (κ2) is 12.7. The summed E-state index contributed by atoms with van der Waals surface area (Å²) in [6, 6.07) is 36.0. The fourth-order valence-corrected chi connectivity index (χ4v) is 3.60. The molecule has 0 fully saturated rings. The molecule has 0 aliphatic rings. The highest BCUT2D eigenvalue weighted by atomic mass is 16.3. The molecule has 8 nitrogen and oxygen atoms in total. The maximum absolute atomic E-state index is 10.4. The summed E-state index contributed by atoms with van der Waals surface area (Å²) in [6.07, 6.45) is 3.10. The first kappa shape index (κ1) is 25.9. The number of hydrogen-bond donors (Lipinski definition) is 2. The van der Waals surface area contributed by atoms with E-state index in [-0.39, 0.29) is 11.5 Å². The van der Waals surface area contributed by atoms with Gasteiger partial charge in [-0.2, -0.15) is 20.5 Å². The fourth-order valence-electron chi connectivity index (χ4n) is 3.60. The molecule has 0 amide bonds. The lowest BCUT2D eigenvalue weighted by molar-refractivity contribution is 0.474. The van der Waals surface area contributed by atoms with Gasteiger partial charge in [0.05, 0.1) is 34.1 Å². The molecule has 2 N–H and O–H groups in total. The van der Waals surface area contributed by atoms with Gasteiger partial charge in [-0.15, -0.1) is 0 Å². The average molecular weight is 525 g/mol. The molecule has 0 saturated carbocycles. The highest BCUT2D eigenvalue weighted by Gasteiger charge is 2.04. The Kier molecular flexibility index (Phi) is 8.19. The zero-order chi connectivity index (χ0) is 27.6. The van der Waals surface area contributed by atoms with Crippen LogP contribution in [0.4, 0.5) is 34.1 Å². The van der Waals surface area contributed by atoms with Crippen LogP contribution in [-0.2, 0) is 0 Å². The smallest absolute Gasteiger partial charge is 0.124 e. The van der Waals surface area contributed by atoms with Gasteiger partial charge in [0.1, 0.15) is 11.5 Å². The number of phenolic OH excluding ortho intramolecular Hbond substituents is 2. The highest BCUT2D eigenvalue weighted by Crippen LogP contribution is 2.30. The molecule has 0 aliphatic heterocycles. The third-order valence-electron chi connectivity index (χ3n) is 5.66. The Hall–Kier alpha value is -5.76. The predicted octanol–water partition coefficient (Wildman–Crippen LogP) is 9.43.